The summed E-state index contributed by atoms with van der Waals surface area (Å²) in [5.41, 5.74) is 4.46. The highest BCUT2D eigenvalue weighted by atomic mass is 19.1. The number of likely N-dealkylation sites (tertiary alicyclic amines) is 1. The SMILES string of the molecule is CO[C@@H]1CCN([C@@H]2Cc3cccc(F)c3[C@H]2NC(=O)c2ccc(-c3ccnc4[nH]ccc34)nc2)C1. The van der Waals surface area contributed by atoms with Crippen molar-refractivity contribution in [2.24, 2.45) is 0 Å². The molecule has 4 heterocycles. The normalized spacial score (nSPS) is 21.9. The number of ether oxygens (including phenoxy) is 1. The Morgan fingerprint density at radius 2 is 2.11 bits per heavy atom. The molecule has 0 saturated carbocycles. The van der Waals surface area contributed by atoms with Gasteiger partial charge in [-0.05, 0) is 48.7 Å². The summed E-state index contributed by atoms with van der Waals surface area (Å²) in [6.45, 7) is 1.64. The molecule has 2 aliphatic rings. The summed E-state index contributed by atoms with van der Waals surface area (Å²) in [5, 5.41) is 4.09. The second-order valence-electron chi connectivity index (χ2n) is 9.21. The first-order valence-corrected chi connectivity index (χ1v) is 11.9. The second kappa shape index (κ2) is 8.87. The molecule has 4 aromatic rings. The lowest BCUT2D eigenvalue weighted by molar-refractivity contribution is 0.0859. The molecule has 0 radical (unpaired) electrons. The van der Waals surface area contributed by atoms with Crippen LogP contribution in [0.4, 0.5) is 4.39 Å². The van der Waals surface area contributed by atoms with Crippen molar-refractivity contribution >= 4 is 16.9 Å². The van der Waals surface area contributed by atoms with Crippen LogP contribution in [-0.2, 0) is 11.2 Å². The van der Waals surface area contributed by atoms with Crippen molar-refractivity contribution in [2.45, 2.75) is 31.0 Å². The predicted octanol–water partition coefficient (Wildman–Crippen LogP) is 3.88. The molecule has 1 fully saturated rings. The van der Waals surface area contributed by atoms with Crippen LogP contribution in [0.15, 0.2) is 61.1 Å². The van der Waals surface area contributed by atoms with Crippen LogP contribution in [0.25, 0.3) is 22.3 Å². The monoisotopic (exact) mass is 471 g/mol. The molecule has 1 aliphatic carbocycles. The van der Waals surface area contributed by atoms with Crippen molar-refractivity contribution in [3.8, 4) is 11.3 Å². The molecule has 178 valence electrons. The third-order valence-corrected chi connectivity index (χ3v) is 7.30. The van der Waals surface area contributed by atoms with Gasteiger partial charge in [-0.3, -0.25) is 14.7 Å². The zero-order valence-corrected chi connectivity index (χ0v) is 19.4. The summed E-state index contributed by atoms with van der Waals surface area (Å²) >= 11 is 0. The summed E-state index contributed by atoms with van der Waals surface area (Å²) in [4.78, 5) is 27.6. The van der Waals surface area contributed by atoms with Gasteiger partial charge < -0.3 is 15.0 Å². The summed E-state index contributed by atoms with van der Waals surface area (Å²) in [5.74, 6) is -0.543. The van der Waals surface area contributed by atoms with E-state index in [0.29, 0.717) is 17.5 Å². The molecule has 3 aromatic heterocycles. The number of hydrogen-bond donors (Lipinski definition) is 2. The van der Waals surface area contributed by atoms with E-state index < -0.39 is 6.04 Å². The topological polar surface area (TPSA) is 83.1 Å². The Labute approximate surface area is 202 Å². The summed E-state index contributed by atoms with van der Waals surface area (Å²) < 4.78 is 20.5. The van der Waals surface area contributed by atoms with Crippen LogP contribution in [0.3, 0.4) is 0 Å². The van der Waals surface area contributed by atoms with E-state index in [4.69, 9.17) is 4.74 Å². The number of methoxy groups -OCH3 is 1. The first kappa shape index (κ1) is 21.9. The van der Waals surface area contributed by atoms with Gasteiger partial charge >= 0.3 is 0 Å². The fourth-order valence-corrected chi connectivity index (χ4v) is 5.50. The van der Waals surface area contributed by atoms with E-state index in [-0.39, 0.29) is 23.9 Å². The van der Waals surface area contributed by atoms with Gasteiger partial charge in [0.2, 0.25) is 0 Å². The number of aromatic amines is 1. The zero-order chi connectivity index (χ0) is 23.9. The van der Waals surface area contributed by atoms with E-state index in [0.717, 1.165) is 47.4 Å². The molecule has 1 aromatic carbocycles. The maximum Gasteiger partial charge on any atom is 0.253 e. The number of hydrogen-bond acceptors (Lipinski definition) is 5. The van der Waals surface area contributed by atoms with Gasteiger partial charge in [0, 0.05) is 61.3 Å². The molecule has 0 unspecified atom stereocenters. The minimum Gasteiger partial charge on any atom is -0.380 e. The number of nitrogens with one attached hydrogen (secondary N) is 2. The average Bonchev–Trinajstić information content (AvgIpc) is 3.62. The van der Waals surface area contributed by atoms with Crippen LogP contribution < -0.4 is 5.32 Å². The first-order valence-electron chi connectivity index (χ1n) is 11.9. The van der Waals surface area contributed by atoms with Crippen LogP contribution >= 0.6 is 0 Å². The molecule has 1 aliphatic heterocycles. The number of H-pyrrole nitrogens is 1. The zero-order valence-electron chi connectivity index (χ0n) is 19.4. The molecule has 2 N–H and O–H groups in total. The van der Waals surface area contributed by atoms with E-state index in [2.05, 4.69) is 25.2 Å². The maximum atomic E-state index is 14.9. The van der Waals surface area contributed by atoms with E-state index in [9.17, 15) is 9.18 Å². The lowest BCUT2D eigenvalue weighted by Gasteiger charge is -2.30. The molecule has 3 atom stereocenters. The number of aromatic nitrogens is 3. The molecule has 6 rings (SSSR count). The highest BCUT2D eigenvalue weighted by molar-refractivity contribution is 5.95. The van der Waals surface area contributed by atoms with Crippen molar-refractivity contribution in [3.63, 3.8) is 0 Å². The first-order chi connectivity index (χ1) is 17.1. The fourth-order valence-electron chi connectivity index (χ4n) is 5.50. The average molecular weight is 472 g/mol. The van der Waals surface area contributed by atoms with Crippen LogP contribution in [0, 0.1) is 5.82 Å². The van der Waals surface area contributed by atoms with Crippen molar-refractivity contribution < 1.29 is 13.9 Å². The van der Waals surface area contributed by atoms with Gasteiger partial charge in [0.1, 0.15) is 11.5 Å². The Kier molecular flexibility index (Phi) is 5.54. The van der Waals surface area contributed by atoms with Crippen LogP contribution in [0.2, 0.25) is 0 Å². The van der Waals surface area contributed by atoms with Crippen molar-refractivity contribution in [1.82, 2.24) is 25.2 Å². The van der Waals surface area contributed by atoms with Gasteiger partial charge in [-0.15, -0.1) is 0 Å². The largest absolute Gasteiger partial charge is 0.380 e. The molecule has 0 bridgehead atoms. The van der Waals surface area contributed by atoms with E-state index in [1.54, 1.807) is 31.6 Å². The Hall–Kier alpha value is -3.62. The van der Waals surface area contributed by atoms with Gasteiger partial charge in [-0.1, -0.05) is 12.1 Å². The third kappa shape index (κ3) is 3.88. The Morgan fingerprint density at radius 1 is 1.20 bits per heavy atom. The van der Waals surface area contributed by atoms with Crippen LogP contribution in [0.5, 0.6) is 0 Å². The van der Waals surface area contributed by atoms with Gasteiger partial charge in [0.25, 0.3) is 5.91 Å². The number of amides is 1. The molecule has 1 amide bonds. The van der Waals surface area contributed by atoms with E-state index in [1.165, 1.54) is 6.07 Å². The maximum absolute atomic E-state index is 14.9. The summed E-state index contributed by atoms with van der Waals surface area (Å²) in [6.07, 6.45) is 6.94. The molecule has 7 nitrogen and oxygen atoms in total. The molecule has 35 heavy (non-hydrogen) atoms. The van der Waals surface area contributed by atoms with E-state index >= 15 is 0 Å². The number of carbonyl (C=O) groups is 1. The molecule has 8 heteroatoms. The van der Waals surface area contributed by atoms with E-state index in [1.807, 2.05) is 30.5 Å². The minimum absolute atomic E-state index is 0.0167. The number of nitrogens with zero attached hydrogens (tertiary/aromatic N) is 3. The Bertz CT molecular complexity index is 1390. The fraction of sp³-hybridized carbons (Fsp3) is 0.296. The summed E-state index contributed by atoms with van der Waals surface area (Å²) in [6, 6.07) is 12.2. The van der Waals surface area contributed by atoms with Gasteiger partial charge in [-0.25, -0.2) is 9.37 Å². The number of rotatable bonds is 5. The predicted molar refractivity (Wildman–Crippen MR) is 130 cm³/mol. The van der Waals surface area contributed by atoms with Crippen molar-refractivity contribution in [3.05, 3.63) is 83.6 Å². The lowest BCUT2D eigenvalue weighted by Crippen LogP contribution is -2.44. The summed E-state index contributed by atoms with van der Waals surface area (Å²) in [7, 11) is 1.72. The number of carbonyl (C=O) groups excluding carboxylic acids is 1. The van der Waals surface area contributed by atoms with Crippen LogP contribution in [-0.4, -0.2) is 58.1 Å². The number of halogens is 1. The van der Waals surface area contributed by atoms with Crippen molar-refractivity contribution in [2.75, 3.05) is 20.2 Å². The number of fused-ring (bicyclic) bond motifs is 2. The molecule has 1 saturated heterocycles. The smallest absolute Gasteiger partial charge is 0.253 e. The Morgan fingerprint density at radius 3 is 2.91 bits per heavy atom. The minimum atomic E-state index is -0.436. The van der Waals surface area contributed by atoms with Crippen molar-refractivity contribution in [1.29, 1.82) is 0 Å². The van der Waals surface area contributed by atoms with Gasteiger partial charge in [-0.2, -0.15) is 0 Å². The number of benzene rings is 1. The third-order valence-electron chi connectivity index (χ3n) is 7.30. The Balaban J connectivity index is 1.26. The molecular formula is C27H26FN5O2. The molecular weight excluding hydrogens is 445 g/mol. The van der Waals surface area contributed by atoms with Crippen LogP contribution in [0.1, 0.15) is 33.9 Å². The van der Waals surface area contributed by atoms with Gasteiger partial charge in [0.15, 0.2) is 0 Å². The highest BCUT2D eigenvalue weighted by Crippen LogP contribution is 2.38. The van der Waals surface area contributed by atoms with Gasteiger partial charge in [0.05, 0.1) is 23.4 Å². The lowest BCUT2D eigenvalue weighted by atomic mass is 10.0. The quantitative estimate of drug-likeness (QED) is 0.462. The highest BCUT2D eigenvalue weighted by Gasteiger charge is 2.41. The number of pyridine rings is 2. The molecule has 0 spiro atoms. The standard InChI is InChI=1S/C27H26FN5O2/c1-35-18-9-12-33(15-18)23-13-16-3-2-4-21(28)24(16)25(23)32-27(34)17-5-6-22(31-14-17)19-7-10-29-26-20(19)8-11-30-26/h2-8,10-11,14,18,23,25H,9,12-13,15H2,1H3,(H,29,30)(H,32,34)/t18-,23-,25+/m1/s1. The second-order valence-corrected chi connectivity index (χ2v) is 9.21.